The van der Waals surface area contributed by atoms with Crippen LogP contribution < -0.4 is 5.73 Å². The molecule has 1 amide bonds. The van der Waals surface area contributed by atoms with Gasteiger partial charge >= 0.3 is 0 Å². The van der Waals surface area contributed by atoms with Crippen molar-refractivity contribution in [3.8, 4) is 22.5 Å². The van der Waals surface area contributed by atoms with Crippen LogP contribution in [0.15, 0.2) is 59.6 Å². The standard InChI is InChI=1S/C25H27N7O2/c1-25(20-8-9-20,19-6-4-16(5-7-19)17-11-27-24(26)28-12-17)22-10-21(34-30-22)18-13-29-32(14-18)15-23(33)31(2)3/h4-7,10-14,20H,8-9,15H2,1-3H3,(H2,26,27,28). The van der Waals surface area contributed by atoms with Crippen molar-refractivity contribution < 1.29 is 9.32 Å². The fraction of sp³-hybridized carbons (Fsp3) is 0.320. The lowest BCUT2D eigenvalue weighted by Gasteiger charge is -2.28. The van der Waals surface area contributed by atoms with Gasteiger partial charge in [0, 0.05) is 49.7 Å². The van der Waals surface area contributed by atoms with E-state index in [0.717, 1.165) is 35.2 Å². The maximum absolute atomic E-state index is 12.0. The number of likely N-dealkylation sites (N-methyl/N-ethyl adjacent to an activating group) is 1. The van der Waals surface area contributed by atoms with Crippen LogP contribution in [0, 0.1) is 5.92 Å². The number of benzene rings is 1. The van der Waals surface area contributed by atoms with E-state index < -0.39 is 0 Å². The second-order valence-corrected chi connectivity index (χ2v) is 9.18. The van der Waals surface area contributed by atoms with Crippen LogP contribution in [0.3, 0.4) is 0 Å². The van der Waals surface area contributed by atoms with Gasteiger partial charge in [-0.1, -0.05) is 29.4 Å². The van der Waals surface area contributed by atoms with Crippen molar-refractivity contribution in [2.24, 2.45) is 5.92 Å². The smallest absolute Gasteiger partial charge is 0.243 e. The molecule has 1 atom stereocenters. The third kappa shape index (κ3) is 4.05. The van der Waals surface area contributed by atoms with Crippen molar-refractivity contribution in [3.05, 3.63) is 66.4 Å². The van der Waals surface area contributed by atoms with Crippen LogP contribution in [-0.4, -0.2) is 49.8 Å². The van der Waals surface area contributed by atoms with Crippen molar-refractivity contribution in [2.45, 2.75) is 31.7 Å². The molecule has 1 aliphatic carbocycles. The van der Waals surface area contributed by atoms with Crippen molar-refractivity contribution in [3.63, 3.8) is 0 Å². The molecule has 3 heterocycles. The van der Waals surface area contributed by atoms with Crippen LogP contribution in [0.4, 0.5) is 5.95 Å². The molecule has 1 aromatic carbocycles. The highest BCUT2D eigenvalue weighted by molar-refractivity contribution is 5.75. The molecule has 4 aromatic rings. The minimum atomic E-state index is -0.269. The Labute approximate surface area is 197 Å². The van der Waals surface area contributed by atoms with E-state index in [-0.39, 0.29) is 23.8 Å². The number of anilines is 1. The van der Waals surface area contributed by atoms with Crippen molar-refractivity contribution in [1.82, 2.24) is 29.8 Å². The van der Waals surface area contributed by atoms with Crippen molar-refractivity contribution in [1.29, 1.82) is 0 Å². The maximum Gasteiger partial charge on any atom is 0.243 e. The van der Waals surface area contributed by atoms with E-state index in [1.165, 1.54) is 5.56 Å². The highest BCUT2D eigenvalue weighted by atomic mass is 16.5. The number of aromatic nitrogens is 5. The zero-order valence-corrected chi connectivity index (χ0v) is 19.5. The van der Waals surface area contributed by atoms with E-state index in [2.05, 4.69) is 51.4 Å². The zero-order valence-electron chi connectivity index (χ0n) is 19.5. The number of rotatable bonds is 7. The first-order chi connectivity index (χ1) is 16.3. The van der Waals surface area contributed by atoms with E-state index in [4.69, 9.17) is 10.3 Å². The molecule has 0 spiro atoms. The number of nitrogens with zero attached hydrogens (tertiary/aromatic N) is 6. The number of nitrogen functional groups attached to an aromatic ring is 1. The lowest BCUT2D eigenvalue weighted by Crippen LogP contribution is -2.26. The highest BCUT2D eigenvalue weighted by Gasteiger charge is 2.46. The lowest BCUT2D eigenvalue weighted by molar-refractivity contribution is -0.129. The molecule has 1 fully saturated rings. The Morgan fingerprint density at radius 1 is 1.12 bits per heavy atom. The van der Waals surface area contributed by atoms with Crippen molar-refractivity contribution in [2.75, 3.05) is 19.8 Å². The molecule has 1 saturated carbocycles. The van der Waals surface area contributed by atoms with Gasteiger partial charge in [0.25, 0.3) is 0 Å². The van der Waals surface area contributed by atoms with E-state index >= 15 is 0 Å². The number of carbonyl (C=O) groups excluding carboxylic acids is 1. The van der Waals surface area contributed by atoms with Crippen LogP contribution >= 0.6 is 0 Å². The molecule has 0 bridgehead atoms. The Morgan fingerprint density at radius 3 is 2.47 bits per heavy atom. The monoisotopic (exact) mass is 457 g/mol. The van der Waals surface area contributed by atoms with Crippen LogP contribution in [0.1, 0.15) is 31.0 Å². The number of amides is 1. The molecular weight excluding hydrogens is 430 g/mol. The molecule has 5 rings (SSSR count). The van der Waals surface area contributed by atoms with Gasteiger partial charge in [0.2, 0.25) is 11.9 Å². The van der Waals surface area contributed by atoms with Gasteiger partial charge in [-0.3, -0.25) is 9.48 Å². The summed E-state index contributed by atoms with van der Waals surface area (Å²) < 4.78 is 7.35. The summed E-state index contributed by atoms with van der Waals surface area (Å²) in [6.45, 7) is 2.41. The average Bonchev–Trinajstić information content (AvgIpc) is 3.39. The minimum absolute atomic E-state index is 0.0248. The molecule has 9 nitrogen and oxygen atoms in total. The number of hydrogen-bond acceptors (Lipinski definition) is 7. The van der Waals surface area contributed by atoms with Gasteiger partial charge in [-0.2, -0.15) is 5.10 Å². The van der Waals surface area contributed by atoms with E-state index in [9.17, 15) is 4.79 Å². The molecule has 3 aromatic heterocycles. The third-order valence-corrected chi connectivity index (χ3v) is 6.64. The van der Waals surface area contributed by atoms with Gasteiger partial charge in [0.05, 0.1) is 17.5 Å². The normalized spacial score (nSPS) is 15.1. The average molecular weight is 458 g/mol. The predicted octanol–water partition coefficient (Wildman–Crippen LogP) is 3.38. The topological polar surface area (TPSA) is 116 Å². The zero-order chi connectivity index (χ0) is 23.9. The summed E-state index contributed by atoms with van der Waals surface area (Å²) in [5, 5.41) is 8.77. The van der Waals surface area contributed by atoms with Gasteiger partial charge < -0.3 is 15.2 Å². The first-order valence-electron chi connectivity index (χ1n) is 11.2. The summed E-state index contributed by atoms with van der Waals surface area (Å²) in [6, 6.07) is 10.4. The van der Waals surface area contributed by atoms with Crippen molar-refractivity contribution >= 4 is 11.9 Å². The molecule has 1 aliphatic rings. The molecule has 1 unspecified atom stereocenters. The van der Waals surface area contributed by atoms with Gasteiger partial charge in [0.15, 0.2) is 5.76 Å². The van der Waals surface area contributed by atoms with Crippen LogP contribution in [0.5, 0.6) is 0 Å². The Hall–Kier alpha value is -4.01. The second-order valence-electron chi connectivity index (χ2n) is 9.18. The van der Waals surface area contributed by atoms with Gasteiger partial charge in [-0.05, 0) is 36.8 Å². The first-order valence-corrected chi connectivity index (χ1v) is 11.2. The molecule has 9 heteroatoms. The fourth-order valence-corrected chi connectivity index (χ4v) is 4.26. The minimum Gasteiger partial charge on any atom is -0.368 e. The molecule has 0 saturated heterocycles. The number of hydrogen-bond donors (Lipinski definition) is 1. The number of carbonyl (C=O) groups is 1. The van der Waals surface area contributed by atoms with E-state index in [1.807, 2.05) is 12.3 Å². The Bertz CT molecular complexity index is 1300. The molecule has 34 heavy (non-hydrogen) atoms. The quantitative estimate of drug-likeness (QED) is 0.452. The molecule has 2 N–H and O–H groups in total. The molecule has 0 radical (unpaired) electrons. The Morgan fingerprint density at radius 2 is 1.82 bits per heavy atom. The van der Waals surface area contributed by atoms with Gasteiger partial charge in [-0.25, -0.2) is 9.97 Å². The Kier molecular flexibility index (Phi) is 5.39. The third-order valence-electron chi connectivity index (χ3n) is 6.64. The molecular formula is C25H27N7O2. The maximum atomic E-state index is 12.0. The molecule has 0 aliphatic heterocycles. The highest BCUT2D eigenvalue weighted by Crippen LogP contribution is 2.51. The SMILES string of the molecule is CN(C)C(=O)Cn1cc(-c2cc(C(C)(c3ccc(-c4cnc(N)nc4)cc3)C3CC3)no2)cn1. The van der Waals surface area contributed by atoms with Gasteiger partial charge in [0.1, 0.15) is 6.54 Å². The summed E-state index contributed by atoms with van der Waals surface area (Å²) in [6.07, 6.45) is 9.27. The largest absolute Gasteiger partial charge is 0.368 e. The van der Waals surface area contributed by atoms with E-state index in [0.29, 0.717) is 11.7 Å². The Balaban J connectivity index is 1.41. The van der Waals surface area contributed by atoms with E-state index in [1.54, 1.807) is 42.3 Å². The van der Waals surface area contributed by atoms with Gasteiger partial charge in [-0.15, -0.1) is 0 Å². The summed E-state index contributed by atoms with van der Waals surface area (Å²) >= 11 is 0. The first kappa shape index (κ1) is 21.8. The summed E-state index contributed by atoms with van der Waals surface area (Å²) in [5.41, 5.74) is 10.2. The second kappa shape index (κ2) is 8.40. The fourth-order valence-electron chi connectivity index (χ4n) is 4.26. The lowest BCUT2D eigenvalue weighted by atomic mass is 9.74. The number of nitrogens with two attached hydrogens (primary N) is 1. The summed E-state index contributed by atoms with van der Waals surface area (Å²) in [5.74, 6) is 1.37. The predicted molar refractivity (Wildman–Crippen MR) is 127 cm³/mol. The van der Waals surface area contributed by atoms with Crippen LogP contribution in [0.2, 0.25) is 0 Å². The van der Waals surface area contributed by atoms with Crippen LogP contribution in [0.25, 0.3) is 22.5 Å². The summed E-state index contributed by atoms with van der Waals surface area (Å²) in [4.78, 5) is 21.7. The summed E-state index contributed by atoms with van der Waals surface area (Å²) in [7, 11) is 3.45. The molecule has 174 valence electrons. The van der Waals surface area contributed by atoms with Crippen LogP contribution in [-0.2, 0) is 16.8 Å².